The summed E-state index contributed by atoms with van der Waals surface area (Å²) in [6.07, 6.45) is 2.05. The normalized spacial score (nSPS) is 13.5. The van der Waals surface area contributed by atoms with Crippen molar-refractivity contribution in [1.82, 2.24) is 4.98 Å². The first-order valence-corrected chi connectivity index (χ1v) is 6.92. The highest BCUT2D eigenvalue weighted by Gasteiger charge is 2.17. The fraction of sp³-hybridized carbons (Fsp3) is 0.571. The van der Waals surface area contributed by atoms with Crippen molar-refractivity contribution >= 4 is 17.5 Å². The quantitative estimate of drug-likeness (QED) is 0.564. The lowest BCUT2D eigenvalue weighted by Gasteiger charge is -2.15. The molecule has 0 bridgehead atoms. The molecular weight excluding hydrogens is 274 g/mol. The smallest absolute Gasteiger partial charge is 0.311 e. The van der Waals surface area contributed by atoms with Gasteiger partial charge < -0.3 is 10.4 Å². The number of carbonyl (C=O) groups is 1. The van der Waals surface area contributed by atoms with Gasteiger partial charge in [-0.25, -0.2) is 4.98 Å². The van der Waals surface area contributed by atoms with E-state index in [4.69, 9.17) is 5.11 Å². The van der Waals surface area contributed by atoms with Gasteiger partial charge in [-0.1, -0.05) is 13.3 Å². The maximum atomic E-state index is 11.0. The summed E-state index contributed by atoms with van der Waals surface area (Å²) >= 11 is 0. The van der Waals surface area contributed by atoms with E-state index in [1.807, 2.05) is 6.92 Å². The molecule has 2 N–H and O–H groups in total. The van der Waals surface area contributed by atoms with E-state index in [0.29, 0.717) is 12.1 Å². The third-order valence-electron chi connectivity index (χ3n) is 3.29. The molecular formula is C14H21N3O4. The van der Waals surface area contributed by atoms with Gasteiger partial charge in [0.25, 0.3) is 0 Å². The lowest BCUT2D eigenvalue weighted by Crippen LogP contribution is -2.18. The van der Waals surface area contributed by atoms with Crippen LogP contribution in [0.3, 0.4) is 0 Å². The second-order valence-corrected chi connectivity index (χ2v) is 5.29. The maximum Gasteiger partial charge on any atom is 0.311 e. The number of aryl methyl sites for hydroxylation is 1. The minimum absolute atomic E-state index is 0.0148. The zero-order chi connectivity index (χ0) is 16.0. The van der Waals surface area contributed by atoms with Crippen LogP contribution in [-0.4, -0.2) is 27.0 Å². The van der Waals surface area contributed by atoms with Crippen LogP contribution in [0, 0.1) is 23.0 Å². The number of pyridine rings is 1. The third kappa shape index (κ3) is 5.37. The van der Waals surface area contributed by atoms with Gasteiger partial charge in [-0.15, -0.1) is 0 Å². The second kappa shape index (κ2) is 7.56. The minimum atomic E-state index is -0.799. The van der Waals surface area contributed by atoms with Gasteiger partial charge in [-0.2, -0.15) is 0 Å². The summed E-state index contributed by atoms with van der Waals surface area (Å²) in [7, 11) is 0. The van der Waals surface area contributed by atoms with E-state index < -0.39 is 10.9 Å². The Bertz CT molecular complexity index is 519. The monoisotopic (exact) mass is 295 g/mol. The van der Waals surface area contributed by atoms with Crippen molar-refractivity contribution < 1.29 is 14.8 Å². The number of rotatable bonds is 8. The van der Waals surface area contributed by atoms with Crippen molar-refractivity contribution in [2.45, 2.75) is 46.1 Å². The highest BCUT2D eigenvalue weighted by Crippen LogP contribution is 2.23. The van der Waals surface area contributed by atoms with Gasteiger partial charge in [-0.3, -0.25) is 14.9 Å². The first kappa shape index (κ1) is 16.9. The van der Waals surface area contributed by atoms with Crippen LogP contribution in [-0.2, 0) is 4.79 Å². The number of hydrogen-bond donors (Lipinski definition) is 2. The highest BCUT2D eigenvalue weighted by molar-refractivity contribution is 5.69. The molecule has 7 nitrogen and oxygen atoms in total. The zero-order valence-electron chi connectivity index (χ0n) is 12.5. The van der Waals surface area contributed by atoms with E-state index in [-0.39, 0.29) is 23.5 Å². The standard InChI is InChI=1S/C14H21N3O4/c1-9(14(18)19)5-4-6-10(2)15-13-12(17(20)21)8-7-11(3)16-13/h7-10H,4-6H2,1-3H3,(H,15,16)(H,18,19). The van der Waals surface area contributed by atoms with Crippen LogP contribution in [0.5, 0.6) is 0 Å². The molecule has 1 aromatic rings. The topological polar surface area (TPSA) is 105 Å². The Morgan fingerprint density at radius 3 is 2.67 bits per heavy atom. The molecule has 0 aliphatic rings. The van der Waals surface area contributed by atoms with Crippen LogP contribution >= 0.6 is 0 Å². The van der Waals surface area contributed by atoms with Gasteiger partial charge in [0.05, 0.1) is 10.8 Å². The predicted octanol–water partition coefficient (Wildman–Crippen LogP) is 2.99. The van der Waals surface area contributed by atoms with Crippen molar-refractivity contribution in [1.29, 1.82) is 0 Å². The summed E-state index contributed by atoms with van der Waals surface area (Å²) in [5.41, 5.74) is 0.654. The molecule has 0 fully saturated rings. The molecule has 0 saturated heterocycles. The van der Waals surface area contributed by atoms with E-state index in [1.54, 1.807) is 19.9 Å². The fourth-order valence-corrected chi connectivity index (χ4v) is 1.96. The molecule has 21 heavy (non-hydrogen) atoms. The Morgan fingerprint density at radius 2 is 2.10 bits per heavy atom. The first-order valence-electron chi connectivity index (χ1n) is 6.92. The molecule has 1 aromatic heterocycles. The average molecular weight is 295 g/mol. The Hall–Kier alpha value is -2.18. The molecule has 1 heterocycles. The van der Waals surface area contributed by atoms with E-state index in [9.17, 15) is 14.9 Å². The zero-order valence-corrected chi connectivity index (χ0v) is 12.5. The largest absolute Gasteiger partial charge is 0.481 e. The summed E-state index contributed by atoms with van der Waals surface area (Å²) in [5.74, 6) is -0.908. The van der Waals surface area contributed by atoms with Gasteiger partial charge >= 0.3 is 11.7 Å². The molecule has 0 radical (unpaired) electrons. The van der Waals surface area contributed by atoms with Gasteiger partial charge in [0.1, 0.15) is 0 Å². The van der Waals surface area contributed by atoms with Crippen LogP contribution < -0.4 is 5.32 Å². The van der Waals surface area contributed by atoms with E-state index in [0.717, 1.165) is 12.8 Å². The van der Waals surface area contributed by atoms with Gasteiger partial charge in [0.2, 0.25) is 5.82 Å². The van der Waals surface area contributed by atoms with Crippen molar-refractivity contribution in [3.63, 3.8) is 0 Å². The number of nitrogens with one attached hydrogen (secondary N) is 1. The number of carboxylic acid groups (broad SMARTS) is 1. The Balaban J connectivity index is 2.58. The van der Waals surface area contributed by atoms with Crippen molar-refractivity contribution in [2.24, 2.45) is 5.92 Å². The van der Waals surface area contributed by atoms with Crippen LogP contribution in [0.1, 0.15) is 38.8 Å². The van der Waals surface area contributed by atoms with E-state index >= 15 is 0 Å². The molecule has 1 rings (SSSR count). The van der Waals surface area contributed by atoms with Gasteiger partial charge in [0.15, 0.2) is 0 Å². The molecule has 0 spiro atoms. The maximum absolute atomic E-state index is 11.0. The van der Waals surface area contributed by atoms with Crippen molar-refractivity contribution in [2.75, 3.05) is 5.32 Å². The number of nitro groups is 1. The fourth-order valence-electron chi connectivity index (χ4n) is 1.96. The molecule has 2 unspecified atom stereocenters. The minimum Gasteiger partial charge on any atom is -0.481 e. The van der Waals surface area contributed by atoms with Crippen LogP contribution in [0.25, 0.3) is 0 Å². The SMILES string of the molecule is Cc1ccc([N+](=O)[O-])c(NC(C)CCCC(C)C(=O)O)n1. The molecule has 116 valence electrons. The van der Waals surface area contributed by atoms with E-state index in [2.05, 4.69) is 10.3 Å². The van der Waals surface area contributed by atoms with Crippen molar-refractivity contribution in [3.8, 4) is 0 Å². The lowest BCUT2D eigenvalue weighted by atomic mass is 10.0. The summed E-state index contributed by atoms with van der Waals surface area (Å²) < 4.78 is 0. The second-order valence-electron chi connectivity index (χ2n) is 5.29. The highest BCUT2D eigenvalue weighted by atomic mass is 16.6. The number of carboxylic acids is 1. The lowest BCUT2D eigenvalue weighted by molar-refractivity contribution is -0.384. The third-order valence-corrected chi connectivity index (χ3v) is 3.29. The summed E-state index contributed by atoms with van der Waals surface area (Å²) in [6.45, 7) is 5.35. The van der Waals surface area contributed by atoms with Crippen LogP contribution in [0.4, 0.5) is 11.5 Å². The number of aliphatic carboxylic acids is 1. The van der Waals surface area contributed by atoms with Gasteiger partial charge in [-0.05, 0) is 32.8 Å². The Kier molecular flexibility index (Phi) is 6.08. The number of hydrogen-bond acceptors (Lipinski definition) is 5. The summed E-state index contributed by atoms with van der Waals surface area (Å²) in [4.78, 5) is 25.4. The number of anilines is 1. The van der Waals surface area contributed by atoms with Crippen molar-refractivity contribution in [3.05, 3.63) is 27.9 Å². The first-order chi connectivity index (χ1) is 9.81. The van der Waals surface area contributed by atoms with Gasteiger partial charge in [0, 0.05) is 17.8 Å². The van der Waals surface area contributed by atoms with Crippen LogP contribution in [0.15, 0.2) is 12.1 Å². The van der Waals surface area contributed by atoms with Crippen LogP contribution in [0.2, 0.25) is 0 Å². The molecule has 7 heteroatoms. The molecule has 0 aromatic carbocycles. The summed E-state index contributed by atoms with van der Waals surface area (Å²) in [6, 6.07) is 3.02. The molecule has 0 saturated carbocycles. The molecule has 2 atom stereocenters. The molecule has 0 aliphatic heterocycles. The predicted molar refractivity (Wildman–Crippen MR) is 79.4 cm³/mol. The summed E-state index contributed by atoms with van der Waals surface area (Å²) in [5, 5.41) is 22.8. The average Bonchev–Trinajstić information content (AvgIpc) is 2.37. The molecule has 0 aliphatic carbocycles. The molecule has 0 amide bonds. The number of nitrogens with zero attached hydrogens (tertiary/aromatic N) is 2. The Labute approximate surface area is 123 Å². The Morgan fingerprint density at radius 1 is 1.43 bits per heavy atom. The number of aromatic nitrogens is 1. The van der Waals surface area contributed by atoms with E-state index in [1.165, 1.54) is 6.07 Å².